The lowest BCUT2D eigenvalue weighted by Gasteiger charge is -2.12. The van der Waals surface area contributed by atoms with Crippen molar-refractivity contribution in [3.8, 4) is 11.8 Å². The van der Waals surface area contributed by atoms with Crippen LogP contribution < -0.4 is 10.1 Å². The van der Waals surface area contributed by atoms with E-state index < -0.39 is 24.3 Å². The molecule has 1 amide bonds. The molecule has 126 valence electrons. The lowest BCUT2D eigenvalue weighted by atomic mass is 10.1. The number of para-hydroxylation sites is 1. The number of carbonyl (C=O) groups excluding carboxylic acids is 1. The third-order valence-electron chi connectivity index (χ3n) is 3.20. The smallest absolute Gasteiger partial charge is 0.435 e. The summed E-state index contributed by atoms with van der Waals surface area (Å²) in [5.41, 5.74) is -0.537. The molecule has 0 aliphatic heterocycles. The number of nitrogens with zero attached hydrogens (tertiary/aromatic N) is 3. The van der Waals surface area contributed by atoms with Gasteiger partial charge in [-0.05, 0) is 25.1 Å². The zero-order valence-corrected chi connectivity index (χ0v) is 12.8. The highest BCUT2D eigenvalue weighted by Gasteiger charge is 2.34. The highest BCUT2D eigenvalue weighted by molar-refractivity contribution is 5.93. The zero-order valence-electron chi connectivity index (χ0n) is 12.8. The van der Waals surface area contributed by atoms with Gasteiger partial charge in [0.15, 0.2) is 5.69 Å². The van der Waals surface area contributed by atoms with Crippen LogP contribution in [-0.2, 0) is 17.5 Å². The van der Waals surface area contributed by atoms with Crippen LogP contribution in [-0.4, -0.2) is 22.8 Å². The highest BCUT2D eigenvalue weighted by Crippen LogP contribution is 2.29. The normalized spacial score (nSPS) is 11.0. The molecular weight excluding hydrogens is 325 g/mol. The standard InChI is InChI=1S/C15H13F3N4O2/c1-9-6-12(15(16,17)18)21-22(9)8-13(23)20-14-10(7-19)4-3-5-11(14)24-2/h3-6H,8H2,1-2H3,(H,20,23). The first kappa shape index (κ1) is 17.3. The molecule has 0 atom stereocenters. The number of carbonyl (C=O) groups is 1. The Labute approximate surface area is 135 Å². The third-order valence-corrected chi connectivity index (χ3v) is 3.20. The van der Waals surface area contributed by atoms with E-state index in [9.17, 15) is 18.0 Å². The Bertz CT molecular complexity index is 806. The van der Waals surface area contributed by atoms with Gasteiger partial charge in [0.2, 0.25) is 5.91 Å². The highest BCUT2D eigenvalue weighted by atomic mass is 19.4. The van der Waals surface area contributed by atoms with Crippen LogP contribution in [0.15, 0.2) is 24.3 Å². The van der Waals surface area contributed by atoms with Crippen LogP contribution in [0.1, 0.15) is 17.0 Å². The molecule has 0 saturated heterocycles. The van der Waals surface area contributed by atoms with Gasteiger partial charge in [-0.25, -0.2) is 0 Å². The summed E-state index contributed by atoms with van der Waals surface area (Å²) in [6.07, 6.45) is -4.58. The second-order valence-electron chi connectivity index (χ2n) is 4.87. The second kappa shape index (κ2) is 6.62. The Morgan fingerprint density at radius 2 is 2.17 bits per heavy atom. The predicted molar refractivity (Wildman–Crippen MR) is 78.3 cm³/mol. The number of nitriles is 1. The van der Waals surface area contributed by atoms with Gasteiger partial charge in [0.25, 0.3) is 0 Å². The molecule has 0 aliphatic carbocycles. The van der Waals surface area contributed by atoms with Crippen LogP contribution >= 0.6 is 0 Å². The van der Waals surface area contributed by atoms with Gasteiger partial charge < -0.3 is 10.1 Å². The van der Waals surface area contributed by atoms with Crippen molar-refractivity contribution in [2.45, 2.75) is 19.6 Å². The van der Waals surface area contributed by atoms with Crippen molar-refractivity contribution in [3.63, 3.8) is 0 Å². The number of aromatic nitrogens is 2. The van der Waals surface area contributed by atoms with Crippen LogP contribution in [0.25, 0.3) is 0 Å². The van der Waals surface area contributed by atoms with Crippen molar-refractivity contribution in [1.29, 1.82) is 5.26 Å². The fraction of sp³-hybridized carbons (Fsp3) is 0.267. The molecule has 6 nitrogen and oxygen atoms in total. The maximum Gasteiger partial charge on any atom is 0.435 e. The summed E-state index contributed by atoms with van der Waals surface area (Å²) < 4.78 is 43.9. The van der Waals surface area contributed by atoms with Gasteiger partial charge in [-0.2, -0.15) is 23.5 Å². The number of amides is 1. The Morgan fingerprint density at radius 3 is 2.71 bits per heavy atom. The third kappa shape index (κ3) is 3.65. The summed E-state index contributed by atoms with van der Waals surface area (Å²) in [5.74, 6) is -0.355. The molecule has 1 heterocycles. The van der Waals surface area contributed by atoms with Gasteiger partial charge in [-0.1, -0.05) is 6.07 Å². The number of hydrogen-bond donors (Lipinski definition) is 1. The molecule has 2 aromatic rings. The first-order chi connectivity index (χ1) is 11.3. The van der Waals surface area contributed by atoms with Gasteiger partial charge >= 0.3 is 6.18 Å². The molecule has 0 spiro atoms. The predicted octanol–water partition coefficient (Wildman–Crippen LogP) is 2.73. The number of alkyl halides is 3. The molecule has 24 heavy (non-hydrogen) atoms. The van der Waals surface area contributed by atoms with Crippen LogP contribution in [0.2, 0.25) is 0 Å². The Kier molecular flexibility index (Phi) is 4.78. The van der Waals surface area contributed by atoms with E-state index in [-0.39, 0.29) is 22.7 Å². The topological polar surface area (TPSA) is 79.9 Å². The van der Waals surface area contributed by atoms with Crippen molar-refractivity contribution >= 4 is 11.6 Å². The first-order valence-corrected chi connectivity index (χ1v) is 6.75. The zero-order chi connectivity index (χ0) is 17.9. The molecular formula is C15H13F3N4O2. The Balaban J connectivity index is 2.21. The van der Waals surface area contributed by atoms with Gasteiger partial charge in [-0.3, -0.25) is 9.48 Å². The van der Waals surface area contributed by atoms with Crippen LogP contribution in [0.4, 0.5) is 18.9 Å². The number of nitrogens with one attached hydrogen (secondary N) is 1. The number of rotatable bonds is 4. The minimum Gasteiger partial charge on any atom is -0.495 e. The van der Waals surface area contributed by atoms with Crippen molar-refractivity contribution < 1.29 is 22.7 Å². The van der Waals surface area contributed by atoms with Crippen molar-refractivity contribution in [2.24, 2.45) is 0 Å². The summed E-state index contributed by atoms with van der Waals surface area (Å²) in [7, 11) is 1.37. The monoisotopic (exact) mass is 338 g/mol. The van der Waals surface area contributed by atoms with Crippen LogP contribution in [0.3, 0.4) is 0 Å². The quantitative estimate of drug-likeness (QED) is 0.929. The molecule has 0 saturated carbocycles. The lowest BCUT2D eigenvalue weighted by Crippen LogP contribution is -2.21. The van der Waals surface area contributed by atoms with Gasteiger partial charge in [-0.15, -0.1) is 0 Å². The van der Waals surface area contributed by atoms with E-state index in [1.807, 2.05) is 6.07 Å². The van der Waals surface area contributed by atoms with Crippen molar-refractivity contribution in [1.82, 2.24) is 9.78 Å². The summed E-state index contributed by atoms with van der Waals surface area (Å²) in [5, 5.41) is 14.9. The van der Waals surface area contributed by atoms with Gasteiger partial charge in [0.1, 0.15) is 24.1 Å². The maximum absolute atomic E-state index is 12.6. The molecule has 0 aliphatic rings. The Morgan fingerprint density at radius 1 is 1.46 bits per heavy atom. The fourth-order valence-electron chi connectivity index (χ4n) is 2.05. The fourth-order valence-corrected chi connectivity index (χ4v) is 2.05. The van der Waals surface area contributed by atoms with E-state index in [1.165, 1.54) is 20.1 Å². The number of methoxy groups -OCH3 is 1. The van der Waals surface area contributed by atoms with E-state index >= 15 is 0 Å². The average Bonchev–Trinajstić information content (AvgIpc) is 2.88. The number of halogens is 3. The molecule has 1 aromatic carbocycles. The number of aryl methyl sites for hydroxylation is 1. The molecule has 0 radical (unpaired) electrons. The second-order valence-corrected chi connectivity index (χ2v) is 4.87. The SMILES string of the molecule is COc1cccc(C#N)c1NC(=O)Cn1nc(C(F)(F)F)cc1C. The van der Waals surface area contributed by atoms with Crippen molar-refractivity contribution in [3.05, 3.63) is 41.2 Å². The molecule has 0 unspecified atom stereocenters. The molecule has 1 aromatic heterocycles. The minimum absolute atomic E-state index is 0.161. The van der Waals surface area contributed by atoms with Crippen molar-refractivity contribution in [2.75, 3.05) is 12.4 Å². The van der Waals surface area contributed by atoms with E-state index in [0.29, 0.717) is 0 Å². The summed E-state index contributed by atoms with van der Waals surface area (Å²) >= 11 is 0. The van der Waals surface area contributed by atoms with Crippen LogP contribution in [0.5, 0.6) is 5.75 Å². The van der Waals surface area contributed by atoms with Gasteiger partial charge in [0.05, 0.1) is 12.7 Å². The first-order valence-electron chi connectivity index (χ1n) is 6.75. The maximum atomic E-state index is 12.6. The largest absolute Gasteiger partial charge is 0.495 e. The van der Waals surface area contributed by atoms with Crippen LogP contribution in [0, 0.1) is 18.3 Å². The molecule has 0 bridgehead atoms. The number of hydrogen-bond acceptors (Lipinski definition) is 4. The summed E-state index contributed by atoms with van der Waals surface area (Å²) in [4.78, 5) is 12.1. The molecule has 9 heteroatoms. The lowest BCUT2D eigenvalue weighted by molar-refractivity contribution is -0.141. The minimum atomic E-state index is -4.58. The molecule has 0 fully saturated rings. The average molecular weight is 338 g/mol. The number of anilines is 1. The van der Waals surface area contributed by atoms with E-state index in [1.54, 1.807) is 12.1 Å². The molecule has 1 N–H and O–H groups in total. The van der Waals surface area contributed by atoms with Gasteiger partial charge in [0, 0.05) is 5.69 Å². The number of ether oxygens (including phenoxy) is 1. The molecule has 2 rings (SSSR count). The van der Waals surface area contributed by atoms with E-state index in [0.717, 1.165) is 10.7 Å². The Hall–Kier alpha value is -3.02. The summed E-state index contributed by atoms with van der Waals surface area (Å²) in [6, 6.07) is 7.39. The number of benzene rings is 1. The van der Waals surface area contributed by atoms with E-state index in [4.69, 9.17) is 10.00 Å². The van der Waals surface area contributed by atoms with E-state index in [2.05, 4.69) is 10.4 Å². The summed E-state index contributed by atoms with van der Waals surface area (Å²) in [6.45, 7) is 0.990.